The average Bonchev–Trinajstić information content (AvgIpc) is 3.23. The van der Waals surface area contributed by atoms with Gasteiger partial charge in [-0.15, -0.1) is 0 Å². The number of fused-ring (bicyclic) bond motifs is 4. The molecule has 4 aromatic carbocycles. The van der Waals surface area contributed by atoms with E-state index < -0.39 is 11.5 Å². The molecule has 0 saturated carbocycles. The Morgan fingerprint density at radius 2 is 1.67 bits per heavy atom. The summed E-state index contributed by atoms with van der Waals surface area (Å²) in [6, 6.07) is 30.7. The second-order valence-corrected chi connectivity index (χ2v) is 15.7. The Morgan fingerprint density at radius 3 is 2.43 bits per heavy atom. The van der Waals surface area contributed by atoms with E-state index in [0.717, 1.165) is 62.2 Å². The van der Waals surface area contributed by atoms with Crippen LogP contribution in [0.4, 0.5) is 0 Å². The number of aromatic hydroxyl groups is 1. The number of likely N-dealkylation sites (tertiary alicyclic amines) is 1. The average molecular weight is 787 g/mol. The molecule has 1 aromatic heterocycles. The number of esters is 1. The van der Waals surface area contributed by atoms with Crippen LogP contribution in [0, 0.1) is 5.92 Å². The monoisotopic (exact) mass is 786 g/mol. The van der Waals surface area contributed by atoms with E-state index in [1.54, 1.807) is 41.3 Å². The molecule has 4 aliphatic heterocycles. The molecule has 4 saturated heterocycles. The third-order valence-corrected chi connectivity index (χ3v) is 11.8. The molecule has 2 atom stereocenters. The normalized spacial score (nSPS) is 19.9. The molecule has 1 amide bonds. The van der Waals surface area contributed by atoms with Gasteiger partial charge in [0.15, 0.2) is 0 Å². The Morgan fingerprint density at radius 1 is 0.879 bits per heavy atom. The van der Waals surface area contributed by atoms with Gasteiger partial charge < -0.3 is 39.6 Å². The Labute approximate surface area is 337 Å². The Hall–Kier alpha value is -5.69. The summed E-state index contributed by atoms with van der Waals surface area (Å²) in [7, 11) is 0. The fourth-order valence-corrected chi connectivity index (χ4v) is 8.44. The fourth-order valence-electron chi connectivity index (χ4n) is 8.44. The first-order chi connectivity index (χ1) is 28.3. The van der Waals surface area contributed by atoms with E-state index >= 15 is 0 Å². The summed E-state index contributed by atoms with van der Waals surface area (Å²) in [5.41, 5.74) is 2.12. The standard InChI is InChI=1S/C46H50N4O8/c51-39-17-15-37(38-16-18-42(53)48-43(38)39)40(52)26-47-21-4-5-24-56-36-10-6-7-31(25-36)28-57-35-13-11-33(12-14-35)44(54)50-29-46(30-50,34-8-2-1-3-9-34)45(55)58-41-27-49-22-19-32(41)20-23-49/h1-3,6-18,25,32,40-41,47,51-52H,4-5,19-24,26-30H2,(H,48,53)/t40?,41-/m0/s1. The summed E-state index contributed by atoms with van der Waals surface area (Å²) in [5, 5.41) is 24.7. The highest BCUT2D eigenvalue weighted by atomic mass is 16.5. The molecular formula is C46H50N4O8. The number of hydrogen-bond donors (Lipinski definition) is 4. The first-order valence-electron chi connectivity index (χ1n) is 20.2. The summed E-state index contributed by atoms with van der Waals surface area (Å²) in [5.74, 6) is 1.40. The van der Waals surface area contributed by atoms with E-state index in [9.17, 15) is 24.6 Å². The number of aromatic nitrogens is 1. The number of H-pyrrole nitrogens is 1. The molecule has 2 bridgehead atoms. The van der Waals surface area contributed by atoms with Gasteiger partial charge >= 0.3 is 5.97 Å². The number of carbonyl (C=O) groups is 2. The third-order valence-electron chi connectivity index (χ3n) is 11.8. The number of aliphatic hydroxyl groups is 1. The Bertz CT molecular complexity index is 2270. The van der Waals surface area contributed by atoms with Gasteiger partial charge in [0, 0.05) is 43.2 Å². The molecule has 12 nitrogen and oxygen atoms in total. The molecule has 5 aromatic rings. The van der Waals surface area contributed by atoms with Gasteiger partial charge in [0.25, 0.3) is 5.91 Å². The van der Waals surface area contributed by atoms with Crippen molar-refractivity contribution in [3.63, 3.8) is 0 Å². The fraction of sp³-hybridized carbons (Fsp3) is 0.370. The largest absolute Gasteiger partial charge is 0.506 e. The smallest absolute Gasteiger partial charge is 0.320 e. The SMILES string of the molecule is O=C(c1ccc(OCc2cccc(OCCCCNCC(O)c3ccc(O)c4[nH]c(=O)ccc34)c2)cc1)N1CC(C(=O)O[C@H]2CN3CCC2CC3)(c2ccccc2)C1. The highest BCUT2D eigenvalue weighted by molar-refractivity contribution is 5.98. The zero-order chi connectivity index (χ0) is 40.1. The van der Waals surface area contributed by atoms with Gasteiger partial charge in [-0.3, -0.25) is 19.3 Å². The third kappa shape index (κ3) is 8.59. The second-order valence-electron chi connectivity index (χ2n) is 15.7. The highest BCUT2D eigenvalue weighted by Gasteiger charge is 2.55. The molecule has 0 aliphatic carbocycles. The molecule has 0 spiro atoms. The molecule has 4 fully saturated rings. The number of hydrogen-bond acceptors (Lipinski definition) is 10. The number of nitrogens with one attached hydrogen (secondary N) is 2. The van der Waals surface area contributed by atoms with E-state index in [0.29, 0.717) is 60.0 Å². The second kappa shape index (κ2) is 17.4. The van der Waals surface area contributed by atoms with Gasteiger partial charge in [-0.25, -0.2) is 0 Å². The maximum Gasteiger partial charge on any atom is 0.320 e. The van der Waals surface area contributed by atoms with Crippen LogP contribution in [0.5, 0.6) is 17.2 Å². The van der Waals surface area contributed by atoms with Crippen molar-refractivity contribution in [2.75, 3.05) is 52.4 Å². The summed E-state index contributed by atoms with van der Waals surface area (Å²) < 4.78 is 18.3. The van der Waals surface area contributed by atoms with Crippen molar-refractivity contribution < 1.29 is 34.0 Å². The number of nitrogens with zero attached hydrogens (tertiary/aromatic N) is 2. The maximum absolute atomic E-state index is 13.8. The topological polar surface area (TPSA) is 154 Å². The van der Waals surface area contributed by atoms with E-state index in [1.165, 1.54) is 12.1 Å². The number of phenols is 1. The number of aromatic amines is 1. The summed E-state index contributed by atoms with van der Waals surface area (Å²) in [6.07, 6.45) is 2.89. The zero-order valence-corrected chi connectivity index (χ0v) is 32.5. The van der Waals surface area contributed by atoms with Gasteiger partial charge in [-0.1, -0.05) is 48.5 Å². The van der Waals surface area contributed by atoms with E-state index in [1.807, 2.05) is 54.6 Å². The van der Waals surface area contributed by atoms with E-state index in [4.69, 9.17) is 14.2 Å². The van der Waals surface area contributed by atoms with Gasteiger partial charge in [-0.2, -0.15) is 0 Å². The van der Waals surface area contributed by atoms with Crippen molar-refractivity contribution in [2.24, 2.45) is 5.92 Å². The molecule has 4 N–H and O–H groups in total. The molecule has 12 heteroatoms. The number of pyridine rings is 1. The van der Waals surface area contributed by atoms with Crippen LogP contribution in [0.25, 0.3) is 10.9 Å². The minimum Gasteiger partial charge on any atom is -0.506 e. The number of benzene rings is 4. The predicted octanol–water partition coefficient (Wildman–Crippen LogP) is 5.33. The molecule has 302 valence electrons. The number of unbranched alkanes of at least 4 members (excludes halogenated alkanes) is 1. The number of phenolic OH excluding ortho intramolecular Hbond substituents is 1. The van der Waals surface area contributed by atoms with Crippen LogP contribution in [0.2, 0.25) is 0 Å². The molecule has 58 heavy (non-hydrogen) atoms. The molecule has 0 radical (unpaired) electrons. The van der Waals surface area contributed by atoms with Crippen molar-refractivity contribution in [3.05, 3.63) is 136 Å². The summed E-state index contributed by atoms with van der Waals surface area (Å²) in [4.78, 5) is 45.8. The Kier molecular flexibility index (Phi) is 11.8. The number of carbonyl (C=O) groups excluding carboxylic acids is 2. The van der Waals surface area contributed by atoms with Gasteiger partial charge in [0.1, 0.15) is 35.4 Å². The Balaban J connectivity index is 0.766. The first-order valence-corrected chi connectivity index (χ1v) is 20.2. The van der Waals surface area contributed by atoms with Crippen LogP contribution < -0.4 is 20.3 Å². The zero-order valence-electron chi connectivity index (χ0n) is 32.5. The summed E-state index contributed by atoms with van der Waals surface area (Å²) >= 11 is 0. The van der Waals surface area contributed by atoms with Crippen molar-refractivity contribution in [2.45, 2.75) is 49.9 Å². The molecule has 4 aliphatic rings. The number of piperidine rings is 3. The van der Waals surface area contributed by atoms with Crippen molar-refractivity contribution >= 4 is 22.8 Å². The first kappa shape index (κ1) is 39.2. The molecule has 1 unspecified atom stereocenters. The van der Waals surface area contributed by atoms with E-state index in [-0.39, 0.29) is 42.4 Å². The van der Waals surface area contributed by atoms with Crippen molar-refractivity contribution in [1.29, 1.82) is 0 Å². The number of amides is 1. The van der Waals surface area contributed by atoms with Crippen LogP contribution in [-0.4, -0.2) is 95.4 Å². The van der Waals surface area contributed by atoms with Crippen molar-refractivity contribution in [1.82, 2.24) is 20.1 Å². The van der Waals surface area contributed by atoms with Crippen molar-refractivity contribution in [3.8, 4) is 17.2 Å². The predicted molar refractivity (Wildman–Crippen MR) is 219 cm³/mol. The van der Waals surface area contributed by atoms with Crippen LogP contribution in [-0.2, 0) is 21.6 Å². The van der Waals surface area contributed by atoms with Gasteiger partial charge in [-0.05, 0) is 116 Å². The molecular weight excluding hydrogens is 737 g/mol. The number of aliphatic hydroxyl groups excluding tert-OH is 1. The number of rotatable bonds is 16. The molecule has 5 heterocycles. The summed E-state index contributed by atoms with van der Waals surface area (Å²) in [6.45, 7) is 5.37. The quantitative estimate of drug-likeness (QED) is 0.0764. The van der Waals surface area contributed by atoms with Crippen LogP contribution in [0.15, 0.2) is 108 Å². The van der Waals surface area contributed by atoms with Crippen LogP contribution in [0.1, 0.15) is 58.8 Å². The van der Waals surface area contributed by atoms with Gasteiger partial charge in [0.05, 0.1) is 18.2 Å². The number of ether oxygens (including phenoxy) is 3. The van der Waals surface area contributed by atoms with Gasteiger partial charge in [0.2, 0.25) is 5.56 Å². The highest BCUT2D eigenvalue weighted by Crippen LogP contribution is 2.39. The van der Waals surface area contributed by atoms with Crippen LogP contribution in [0.3, 0.4) is 0 Å². The minimum atomic E-state index is -0.871. The lowest BCUT2D eigenvalue weighted by Crippen LogP contribution is -2.66. The van der Waals surface area contributed by atoms with Crippen LogP contribution >= 0.6 is 0 Å². The lowest BCUT2D eigenvalue weighted by Gasteiger charge is -2.50. The lowest BCUT2D eigenvalue weighted by molar-refractivity contribution is -0.171. The lowest BCUT2D eigenvalue weighted by atomic mass is 9.73. The maximum atomic E-state index is 13.8. The molecule has 9 rings (SSSR count). The minimum absolute atomic E-state index is 0.0371. The van der Waals surface area contributed by atoms with E-state index in [2.05, 4.69) is 15.2 Å².